The number of pyridine rings is 1. The number of hydrogen-bond acceptors (Lipinski definition) is 4. The fourth-order valence-corrected chi connectivity index (χ4v) is 4.16. The minimum Gasteiger partial charge on any atom is -0.381 e. The number of anilines is 1. The largest absolute Gasteiger partial charge is 0.381 e. The summed E-state index contributed by atoms with van der Waals surface area (Å²) in [6.45, 7) is 4.44. The van der Waals surface area contributed by atoms with Gasteiger partial charge in [-0.25, -0.2) is 4.98 Å². The number of nitrogens with zero attached hydrogens (tertiary/aromatic N) is 3. The number of methoxy groups -OCH3 is 1. The SMILES string of the molecule is CCC1(CC)[C@@H](OC)C[C@@H]1N(C)c1cc(=O)n2ccccc2n1. The lowest BCUT2D eigenvalue weighted by Gasteiger charge is -2.58. The maximum Gasteiger partial charge on any atom is 0.259 e. The number of rotatable bonds is 5. The molecule has 2 atom stereocenters. The fraction of sp³-hybridized carbons (Fsp3) is 0.556. The zero-order chi connectivity index (χ0) is 16.6. The van der Waals surface area contributed by atoms with Gasteiger partial charge in [-0.05, 0) is 31.4 Å². The van der Waals surface area contributed by atoms with Crippen molar-refractivity contribution in [1.82, 2.24) is 9.38 Å². The highest BCUT2D eigenvalue weighted by Crippen LogP contribution is 2.51. The molecule has 0 radical (unpaired) electrons. The lowest BCUT2D eigenvalue weighted by atomic mass is 9.58. The molecular weight excluding hydrogens is 290 g/mol. The van der Waals surface area contributed by atoms with E-state index in [1.807, 2.05) is 25.2 Å². The molecule has 1 aliphatic carbocycles. The van der Waals surface area contributed by atoms with Crippen molar-refractivity contribution in [2.45, 2.75) is 45.3 Å². The molecule has 0 saturated heterocycles. The van der Waals surface area contributed by atoms with E-state index in [0.29, 0.717) is 11.7 Å². The maximum absolute atomic E-state index is 12.3. The predicted octanol–water partition coefficient (Wildman–Crippen LogP) is 2.72. The van der Waals surface area contributed by atoms with Gasteiger partial charge in [0.05, 0.1) is 6.10 Å². The van der Waals surface area contributed by atoms with Crippen LogP contribution in [0.25, 0.3) is 5.65 Å². The number of aromatic nitrogens is 2. The van der Waals surface area contributed by atoms with Crippen LogP contribution in [0.2, 0.25) is 0 Å². The third-order valence-corrected chi connectivity index (χ3v) is 5.73. The van der Waals surface area contributed by atoms with E-state index in [0.717, 1.165) is 25.1 Å². The highest BCUT2D eigenvalue weighted by molar-refractivity contribution is 5.49. The molecule has 1 aliphatic rings. The van der Waals surface area contributed by atoms with E-state index in [1.165, 1.54) is 0 Å². The minimum atomic E-state index is -0.0429. The van der Waals surface area contributed by atoms with E-state index in [9.17, 15) is 4.79 Å². The quantitative estimate of drug-likeness (QED) is 0.851. The summed E-state index contributed by atoms with van der Waals surface area (Å²) in [5, 5.41) is 0. The van der Waals surface area contributed by atoms with Gasteiger partial charge >= 0.3 is 0 Å². The van der Waals surface area contributed by atoms with Gasteiger partial charge in [0.25, 0.3) is 5.56 Å². The third kappa shape index (κ3) is 2.34. The van der Waals surface area contributed by atoms with Crippen molar-refractivity contribution >= 4 is 11.5 Å². The average Bonchev–Trinajstić information content (AvgIpc) is 2.55. The number of hydrogen-bond donors (Lipinski definition) is 0. The molecule has 5 heteroatoms. The summed E-state index contributed by atoms with van der Waals surface area (Å²) in [6.07, 6.45) is 5.13. The summed E-state index contributed by atoms with van der Waals surface area (Å²) >= 11 is 0. The minimum absolute atomic E-state index is 0.0429. The molecule has 1 saturated carbocycles. The Labute approximate surface area is 136 Å². The molecule has 0 amide bonds. The monoisotopic (exact) mass is 315 g/mol. The molecule has 0 aromatic carbocycles. The van der Waals surface area contributed by atoms with Gasteiger partial charge in [-0.1, -0.05) is 19.9 Å². The van der Waals surface area contributed by atoms with Gasteiger partial charge in [-0.15, -0.1) is 0 Å². The summed E-state index contributed by atoms with van der Waals surface area (Å²) in [5.74, 6) is 0.743. The van der Waals surface area contributed by atoms with Crippen LogP contribution in [-0.2, 0) is 4.74 Å². The number of ether oxygens (including phenoxy) is 1. The normalized spacial score (nSPS) is 22.8. The van der Waals surface area contributed by atoms with Crippen LogP contribution in [0, 0.1) is 5.41 Å². The van der Waals surface area contributed by atoms with E-state index in [4.69, 9.17) is 4.74 Å². The fourth-order valence-electron chi connectivity index (χ4n) is 4.16. The van der Waals surface area contributed by atoms with Crippen molar-refractivity contribution in [2.24, 2.45) is 5.41 Å². The molecule has 0 aliphatic heterocycles. The van der Waals surface area contributed by atoms with Crippen molar-refractivity contribution in [3.05, 3.63) is 40.8 Å². The summed E-state index contributed by atoms with van der Waals surface area (Å²) < 4.78 is 7.25. The van der Waals surface area contributed by atoms with Crippen LogP contribution in [-0.4, -0.2) is 35.7 Å². The van der Waals surface area contributed by atoms with Crippen LogP contribution >= 0.6 is 0 Å². The molecule has 0 N–H and O–H groups in total. The second-order valence-corrected chi connectivity index (χ2v) is 6.41. The standard InChI is InChI=1S/C18H25N3O2/c1-5-18(6-2)13(11-14(18)23-4)20(3)16-12-17(22)21-10-8-7-9-15(21)19-16/h7-10,12-14H,5-6,11H2,1-4H3/t13-,14-/m0/s1. The van der Waals surface area contributed by atoms with Gasteiger partial charge in [-0.2, -0.15) is 0 Å². The van der Waals surface area contributed by atoms with E-state index in [1.54, 1.807) is 23.8 Å². The van der Waals surface area contributed by atoms with Crippen molar-refractivity contribution in [2.75, 3.05) is 19.1 Å². The van der Waals surface area contributed by atoms with Crippen molar-refractivity contribution in [3.8, 4) is 0 Å². The smallest absolute Gasteiger partial charge is 0.259 e. The summed E-state index contributed by atoms with van der Waals surface area (Å²) in [7, 11) is 3.83. The Morgan fingerprint density at radius 1 is 1.39 bits per heavy atom. The predicted molar refractivity (Wildman–Crippen MR) is 92.1 cm³/mol. The van der Waals surface area contributed by atoms with Crippen LogP contribution < -0.4 is 10.5 Å². The van der Waals surface area contributed by atoms with Crippen LogP contribution in [0.3, 0.4) is 0 Å². The van der Waals surface area contributed by atoms with Crippen LogP contribution in [0.15, 0.2) is 35.3 Å². The van der Waals surface area contributed by atoms with Gasteiger partial charge in [-0.3, -0.25) is 9.20 Å². The highest BCUT2D eigenvalue weighted by Gasteiger charge is 2.55. The first kappa shape index (κ1) is 16.0. The molecule has 5 nitrogen and oxygen atoms in total. The van der Waals surface area contributed by atoms with Gasteiger partial charge in [0.15, 0.2) is 0 Å². The van der Waals surface area contributed by atoms with Crippen LogP contribution in [0.1, 0.15) is 33.1 Å². The molecular formula is C18H25N3O2. The molecule has 2 aromatic heterocycles. The zero-order valence-electron chi connectivity index (χ0n) is 14.3. The molecule has 23 heavy (non-hydrogen) atoms. The molecule has 0 bridgehead atoms. The Morgan fingerprint density at radius 2 is 2.13 bits per heavy atom. The first-order chi connectivity index (χ1) is 11.1. The molecule has 3 rings (SSSR count). The summed E-state index contributed by atoms with van der Waals surface area (Å²) in [6, 6.07) is 7.58. The van der Waals surface area contributed by atoms with Gasteiger partial charge in [0.1, 0.15) is 11.5 Å². The molecule has 2 heterocycles. The molecule has 2 aromatic rings. The van der Waals surface area contributed by atoms with Gasteiger partial charge in [0, 0.05) is 37.9 Å². The Balaban J connectivity index is 1.98. The van der Waals surface area contributed by atoms with E-state index >= 15 is 0 Å². The molecule has 0 unspecified atom stereocenters. The van der Waals surface area contributed by atoms with Crippen molar-refractivity contribution < 1.29 is 4.74 Å². The first-order valence-electron chi connectivity index (χ1n) is 8.31. The summed E-state index contributed by atoms with van der Waals surface area (Å²) in [4.78, 5) is 19.2. The van der Waals surface area contributed by atoms with Gasteiger partial charge < -0.3 is 9.64 Å². The highest BCUT2D eigenvalue weighted by atomic mass is 16.5. The molecule has 1 fully saturated rings. The molecule has 124 valence electrons. The maximum atomic E-state index is 12.3. The van der Waals surface area contributed by atoms with Crippen molar-refractivity contribution in [3.63, 3.8) is 0 Å². The lowest BCUT2D eigenvalue weighted by Crippen LogP contribution is -2.63. The Hall–Kier alpha value is -1.88. The Morgan fingerprint density at radius 3 is 2.78 bits per heavy atom. The second kappa shape index (κ2) is 5.96. The Kier molecular flexibility index (Phi) is 4.15. The molecule has 0 spiro atoms. The Bertz CT molecular complexity index is 751. The zero-order valence-corrected chi connectivity index (χ0v) is 14.3. The van der Waals surface area contributed by atoms with Gasteiger partial charge in [0.2, 0.25) is 0 Å². The average molecular weight is 315 g/mol. The first-order valence-corrected chi connectivity index (χ1v) is 8.31. The van der Waals surface area contributed by atoms with Crippen LogP contribution in [0.5, 0.6) is 0 Å². The topological polar surface area (TPSA) is 46.8 Å². The number of fused-ring (bicyclic) bond motifs is 1. The van der Waals surface area contributed by atoms with E-state index < -0.39 is 0 Å². The van der Waals surface area contributed by atoms with E-state index in [2.05, 4.69) is 23.7 Å². The van der Waals surface area contributed by atoms with Crippen LogP contribution in [0.4, 0.5) is 5.82 Å². The summed E-state index contributed by atoms with van der Waals surface area (Å²) in [5.41, 5.74) is 0.772. The second-order valence-electron chi connectivity index (χ2n) is 6.41. The lowest BCUT2D eigenvalue weighted by molar-refractivity contribution is -0.113. The van der Waals surface area contributed by atoms with E-state index in [-0.39, 0.29) is 17.1 Å². The van der Waals surface area contributed by atoms with Crippen molar-refractivity contribution in [1.29, 1.82) is 0 Å². The third-order valence-electron chi connectivity index (χ3n) is 5.73.